The Labute approximate surface area is 117 Å². The van der Waals surface area contributed by atoms with Crippen LogP contribution < -0.4 is 10.5 Å². The summed E-state index contributed by atoms with van der Waals surface area (Å²) in [6.07, 6.45) is 0. The maximum Gasteiger partial charge on any atom is 0.127 e. The van der Waals surface area contributed by atoms with Gasteiger partial charge in [-0.3, -0.25) is 0 Å². The topological polar surface area (TPSA) is 35.2 Å². The highest BCUT2D eigenvalue weighted by molar-refractivity contribution is 7.80. The Kier molecular flexibility index (Phi) is 3.81. The molecule has 2 aromatic rings. The molecule has 0 aromatic heterocycles. The average Bonchev–Trinajstić information content (AvgIpc) is 2.33. The van der Waals surface area contributed by atoms with E-state index in [4.69, 9.17) is 22.7 Å². The Hall–Kier alpha value is -1.94. The molecule has 0 saturated carbocycles. The van der Waals surface area contributed by atoms with Crippen molar-refractivity contribution in [1.29, 1.82) is 0 Å². The van der Waals surface area contributed by atoms with Gasteiger partial charge in [0.15, 0.2) is 0 Å². The lowest BCUT2D eigenvalue weighted by Crippen LogP contribution is -2.10. The predicted molar refractivity (Wildman–Crippen MR) is 78.3 cm³/mol. The van der Waals surface area contributed by atoms with Crippen molar-refractivity contribution >= 4 is 17.2 Å². The smallest absolute Gasteiger partial charge is 0.127 e. The molecule has 0 aliphatic heterocycles. The summed E-state index contributed by atoms with van der Waals surface area (Å²) in [7, 11) is 0. The van der Waals surface area contributed by atoms with E-state index in [0.717, 1.165) is 11.1 Å². The molecule has 0 fully saturated rings. The second-order valence-corrected chi connectivity index (χ2v) is 4.79. The van der Waals surface area contributed by atoms with Crippen molar-refractivity contribution in [3.63, 3.8) is 0 Å². The van der Waals surface area contributed by atoms with Crippen LogP contribution in [-0.4, -0.2) is 4.99 Å². The van der Waals surface area contributed by atoms with Crippen molar-refractivity contribution in [2.45, 2.75) is 13.8 Å². The Bertz CT molecular complexity index is 640. The van der Waals surface area contributed by atoms with Gasteiger partial charge in [0.25, 0.3) is 0 Å². The fourth-order valence-corrected chi connectivity index (χ4v) is 2.02. The molecular weight excluding hydrogens is 261 g/mol. The first kappa shape index (κ1) is 13.5. The molecule has 0 radical (unpaired) electrons. The monoisotopic (exact) mass is 275 g/mol. The Morgan fingerprint density at radius 1 is 1.05 bits per heavy atom. The van der Waals surface area contributed by atoms with E-state index >= 15 is 0 Å². The summed E-state index contributed by atoms with van der Waals surface area (Å²) in [5, 5.41) is 0. The number of benzene rings is 2. The molecule has 0 atom stereocenters. The highest BCUT2D eigenvalue weighted by atomic mass is 32.1. The molecule has 0 saturated heterocycles. The van der Waals surface area contributed by atoms with Gasteiger partial charge in [-0.1, -0.05) is 12.2 Å². The average molecular weight is 275 g/mol. The van der Waals surface area contributed by atoms with Crippen molar-refractivity contribution in [1.82, 2.24) is 0 Å². The van der Waals surface area contributed by atoms with E-state index in [2.05, 4.69) is 0 Å². The predicted octanol–water partition coefficient (Wildman–Crippen LogP) is 3.87. The van der Waals surface area contributed by atoms with Crippen molar-refractivity contribution in [2.75, 3.05) is 0 Å². The van der Waals surface area contributed by atoms with Crippen LogP contribution in [0.15, 0.2) is 36.4 Å². The molecule has 0 aliphatic rings. The first-order chi connectivity index (χ1) is 8.97. The number of aryl methyl sites for hydroxylation is 2. The normalized spacial score (nSPS) is 10.3. The third-order valence-corrected chi connectivity index (χ3v) is 3.05. The summed E-state index contributed by atoms with van der Waals surface area (Å²) in [5.41, 5.74) is 7.93. The summed E-state index contributed by atoms with van der Waals surface area (Å²) in [6.45, 7) is 3.61. The standard InChI is InChI=1S/C15H14FNOS/c1-9-7-11(3-5-13(9)15(17)19)18-12-4-6-14(16)10(2)8-12/h3-8H,1-2H3,(H2,17,19). The van der Waals surface area contributed by atoms with Gasteiger partial charge in [0.05, 0.1) is 0 Å². The SMILES string of the molecule is Cc1cc(Oc2ccc(C(N)=S)c(C)c2)ccc1F. The third kappa shape index (κ3) is 3.09. The lowest BCUT2D eigenvalue weighted by molar-refractivity contribution is 0.479. The van der Waals surface area contributed by atoms with Crippen molar-refractivity contribution in [3.05, 3.63) is 58.9 Å². The van der Waals surface area contributed by atoms with Gasteiger partial charge in [-0.2, -0.15) is 0 Å². The molecule has 0 spiro atoms. The molecule has 4 heteroatoms. The molecular formula is C15H14FNOS. The van der Waals surface area contributed by atoms with Crippen LogP contribution in [0.25, 0.3) is 0 Å². The first-order valence-corrected chi connectivity index (χ1v) is 6.22. The molecule has 2 nitrogen and oxygen atoms in total. The van der Waals surface area contributed by atoms with E-state index in [0.29, 0.717) is 22.1 Å². The molecule has 0 amide bonds. The van der Waals surface area contributed by atoms with Gasteiger partial charge in [0.1, 0.15) is 22.3 Å². The highest BCUT2D eigenvalue weighted by Gasteiger charge is 2.05. The minimum absolute atomic E-state index is 0.243. The van der Waals surface area contributed by atoms with Gasteiger partial charge in [0.2, 0.25) is 0 Å². The molecule has 0 unspecified atom stereocenters. The molecule has 98 valence electrons. The van der Waals surface area contributed by atoms with Gasteiger partial charge < -0.3 is 10.5 Å². The van der Waals surface area contributed by atoms with Crippen molar-refractivity contribution in [3.8, 4) is 11.5 Å². The molecule has 0 bridgehead atoms. The third-order valence-electron chi connectivity index (χ3n) is 2.83. The number of rotatable bonds is 3. The van der Waals surface area contributed by atoms with Crippen molar-refractivity contribution < 1.29 is 9.13 Å². The number of ether oxygens (including phenoxy) is 1. The molecule has 2 rings (SSSR count). The minimum atomic E-state index is -0.243. The summed E-state index contributed by atoms with van der Waals surface area (Å²) in [6, 6.07) is 10.1. The molecule has 19 heavy (non-hydrogen) atoms. The molecule has 2 aromatic carbocycles. The summed E-state index contributed by atoms with van der Waals surface area (Å²) in [5.74, 6) is 1.03. The van der Waals surface area contributed by atoms with E-state index in [9.17, 15) is 4.39 Å². The zero-order valence-corrected chi connectivity index (χ0v) is 11.6. The van der Waals surface area contributed by atoms with E-state index in [1.54, 1.807) is 25.1 Å². The number of nitrogens with two attached hydrogens (primary N) is 1. The van der Waals surface area contributed by atoms with Crippen LogP contribution in [0.3, 0.4) is 0 Å². The Balaban J connectivity index is 2.26. The van der Waals surface area contributed by atoms with E-state index in [1.807, 2.05) is 19.1 Å². The van der Waals surface area contributed by atoms with Gasteiger partial charge in [-0.15, -0.1) is 0 Å². The van der Waals surface area contributed by atoms with Crippen molar-refractivity contribution in [2.24, 2.45) is 5.73 Å². The van der Waals surface area contributed by atoms with Gasteiger partial charge in [0, 0.05) is 5.56 Å². The Morgan fingerprint density at radius 2 is 1.63 bits per heavy atom. The largest absolute Gasteiger partial charge is 0.457 e. The molecule has 2 N–H and O–H groups in total. The second-order valence-electron chi connectivity index (χ2n) is 4.35. The first-order valence-electron chi connectivity index (χ1n) is 5.82. The van der Waals surface area contributed by atoms with Crippen LogP contribution in [0, 0.1) is 19.7 Å². The highest BCUT2D eigenvalue weighted by Crippen LogP contribution is 2.25. The van der Waals surface area contributed by atoms with Crippen LogP contribution >= 0.6 is 12.2 Å². The fraction of sp³-hybridized carbons (Fsp3) is 0.133. The molecule has 0 aliphatic carbocycles. The zero-order valence-electron chi connectivity index (χ0n) is 10.7. The van der Waals surface area contributed by atoms with E-state index in [-0.39, 0.29) is 5.82 Å². The minimum Gasteiger partial charge on any atom is -0.457 e. The van der Waals surface area contributed by atoms with Gasteiger partial charge in [-0.25, -0.2) is 4.39 Å². The van der Waals surface area contributed by atoms with E-state index < -0.39 is 0 Å². The maximum absolute atomic E-state index is 13.2. The van der Waals surface area contributed by atoms with Crippen LogP contribution in [0.1, 0.15) is 16.7 Å². The van der Waals surface area contributed by atoms with E-state index in [1.165, 1.54) is 6.07 Å². The maximum atomic E-state index is 13.2. The fourth-order valence-electron chi connectivity index (χ4n) is 1.79. The van der Waals surface area contributed by atoms with Crippen LogP contribution in [0.5, 0.6) is 11.5 Å². The number of thiocarbonyl (C=S) groups is 1. The van der Waals surface area contributed by atoms with Gasteiger partial charge >= 0.3 is 0 Å². The number of halogens is 1. The lowest BCUT2D eigenvalue weighted by Gasteiger charge is -2.10. The van der Waals surface area contributed by atoms with Crippen LogP contribution in [0.2, 0.25) is 0 Å². The van der Waals surface area contributed by atoms with Crippen LogP contribution in [-0.2, 0) is 0 Å². The second kappa shape index (κ2) is 5.36. The quantitative estimate of drug-likeness (QED) is 0.864. The van der Waals surface area contributed by atoms with Gasteiger partial charge in [-0.05, 0) is 61.4 Å². The number of hydrogen-bond donors (Lipinski definition) is 1. The lowest BCUT2D eigenvalue weighted by atomic mass is 10.1. The van der Waals surface area contributed by atoms with Crippen LogP contribution in [0.4, 0.5) is 4.39 Å². The molecule has 0 heterocycles. The summed E-state index contributed by atoms with van der Waals surface area (Å²) in [4.78, 5) is 0.363. The summed E-state index contributed by atoms with van der Waals surface area (Å²) < 4.78 is 18.8. The number of hydrogen-bond acceptors (Lipinski definition) is 2. The Morgan fingerprint density at radius 3 is 2.16 bits per heavy atom. The zero-order chi connectivity index (χ0) is 14.0. The summed E-state index contributed by atoms with van der Waals surface area (Å²) >= 11 is 4.95.